The van der Waals surface area contributed by atoms with Crippen LogP contribution in [0.1, 0.15) is 52.4 Å². The molecular weight excluding hydrogens is 244 g/mol. The van der Waals surface area contributed by atoms with Gasteiger partial charge >= 0.3 is 0 Å². The fourth-order valence-corrected chi connectivity index (χ4v) is 2.32. The van der Waals surface area contributed by atoms with Crippen molar-refractivity contribution in [1.82, 2.24) is 9.97 Å². The third-order valence-electron chi connectivity index (χ3n) is 2.80. The Labute approximate surface area is 114 Å². The zero-order valence-corrected chi connectivity index (χ0v) is 13.0. The van der Waals surface area contributed by atoms with Crippen LogP contribution in [0, 0.1) is 6.92 Å². The molecule has 1 heterocycles. The minimum Gasteiger partial charge on any atom is -0.308 e. The largest absolute Gasteiger partial charge is 0.308 e. The van der Waals surface area contributed by atoms with E-state index in [1.165, 1.54) is 0 Å². The van der Waals surface area contributed by atoms with E-state index in [-0.39, 0.29) is 5.41 Å². The van der Waals surface area contributed by atoms with Gasteiger partial charge in [-0.1, -0.05) is 34.6 Å². The molecule has 5 heteroatoms. The zero-order valence-electron chi connectivity index (χ0n) is 12.2. The summed E-state index contributed by atoms with van der Waals surface area (Å²) in [5.74, 6) is 7.09. The molecule has 102 valence electrons. The van der Waals surface area contributed by atoms with Crippen molar-refractivity contribution in [2.24, 2.45) is 5.84 Å². The Morgan fingerprint density at radius 1 is 1.33 bits per heavy atom. The van der Waals surface area contributed by atoms with Gasteiger partial charge in [0.25, 0.3) is 0 Å². The third kappa shape index (κ3) is 3.59. The highest BCUT2D eigenvalue weighted by Gasteiger charge is 2.21. The van der Waals surface area contributed by atoms with Gasteiger partial charge in [0.2, 0.25) is 0 Å². The van der Waals surface area contributed by atoms with Gasteiger partial charge in [-0.3, -0.25) is 0 Å². The lowest BCUT2D eigenvalue weighted by Crippen LogP contribution is -2.20. The van der Waals surface area contributed by atoms with Gasteiger partial charge < -0.3 is 5.43 Å². The van der Waals surface area contributed by atoms with Gasteiger partial charge in [-0.25, -0.2) is 15.8 Å². The molecule has 0 aliphatic carbocycles. The van der Waals surface area contributed by atoms with Crippen LogP contribution in [0.4, 0.5) is 5.82 Å². The minimum absolute atomic E-state index is 0.0793. The van der Waals surface area contributed by atoms with Crippen molar-refractivity contribution in [3.05, 3.63) is 11.4 Å². The van der Waals surface area contributed by atoms with Gasteiger partial charge in [0, 0.05) is 16.2 Å². The molecule has 3 N–H and O–H groups in total. The number of anilines is 1. The summed E-state index contributed by atoms with van der Waals surface area (Å²) >= 11 is 1.78. The second kappa shape index (κ2) is 5.89. The van der Waals surface area contributed by atoms with E-state index in [0.717, 1.165) is 28.7 Å². The molecule has 1 rings (SSSR count). The first-order valence-electron chi connectivity index (χ1n) is 6.32. The SMILES string of the molecule is CCC(C)Sc1nc(C(C)(C)C)nc(NN)c1C. The third-order valence-corrected chi connectivity index (χ3v) is 4.15. The van der Waals surface area contributed by atoms with E-state index in [9.17, 15) is 0 Å². The van der Waals surface area contributed by atoms with Crippen LogP contribution < -0.4 is 11.3 Å². The summed E-state index contributed by atoms with van der Waals surface area (Å²) in [5, 5.41) is 1.56. The topological polar surface area (TPSA) is 63.8 Å². The number of aromatic nitrogens is 2. The fourth-order valence-electron chi connectivity index (χ4n) is 1.36. The lowest BCUT2D eigenvalue weighted by atomic mass is 9.95. The molecule has 0 spiro atoms. The maximum Gasteiger partial charge on any atom is 0.147 e. The van der Waals surface area contributed by atoms with Crippen LogP contribution in [0.25, 0.3) is 0 Å². The van der Waals surface area contributed by atoms with Gasteiger partial charge in [0.1, 0.15) is 16.7 Å². The average molecular weight is 268 g/mol. The monoisotopic (exact) mass is 268 g/mol. The first-order valence-corrected chi connectivity index (χ1v) is 7.20. The summed E-state index contributed by atoms with van der Waals surface area (Å²) in [6.07, 6.45) is 1.12. The maximum absolute atomic E-state index is 5.55. The highest BCUT2D eigenvalue weighted by atomic mass is 32.2. The predicted octanol–water partition coefficient (Wildman–Crippen LogP) is 3.26. The van der Waals surface area contributed by atoms with Crippen molar-refractivity contribution in [3.8, 4) is 0 Å². The van der Waals surface area contributed by atoms with Crippen molar-refractivity contribution < 1.29 is 0 Å². The van der Waals surface area contributed by atoms with Crippen LogP contribution in [0.5, 0.6) is 0 Å². The van der Waals surface area contributed by atoms with E-state index in [4.69, 9.17) is 10.8 Å². The quantitative estimate of drug-likeness (QED) is 0.380. The number of rotatable bonds is 4. The van der Waals surface area contributed by atoms with E-state index < -0.39 is 0 Å². The summed E-state index contributed by atoms with van der Waals surface area (Å²) in [6, 6.07) is 0. The first-order chi connectivity index (χ1) is 8.29. The van der Waals surface area contributed by atoms with Crippen LogP contribution in [-0.4, -0.2) is 15.2 Å². The standard InChI is InChI=1S/C13H24N4S/c1-7-8(2)18-11-9(3)10(17-14)15-12(16-11)13(4,5)6/h8H,7,14H2,1-6H3,(H,15,16,17). The molecule has 0 saturated carbocycles. The molecule has 0 radical (unpaired) electrons. The van der Waals surface area contributed by atoms with E-state index >= 15 is 0 Å². The Morgan fingerprint density at radius 3 is 2.39 bits per heavy atom. The van der Waals surface area contributed by atoms with Crippen molar-refractivity contribution in [2.75, 3.05) is 5.43 Å². The average Bonchev–Trinajstić information content (AvgIpc) is 2.30. The van der Waals surface area contributed by atoms with Crippen molar-refractivity contribution in [2.45, 2.75) is 63.7 Å². The molecule has 0 amide bonds. The molecule has 1 aromatic rings. The molecule has 0 saturated heterocycles. The van der Waals surface area contributed by atoms with Crippen LogP contribution in [0.15, 0.2) is 5.03 Å². The fraction of sp³-hybridized carbons (Fsp3) is 0.692. The van der Waals surface area contributed by atoms with E-state index in [1.807, 2.05) is 6.92 Å². The van der Waals surface area contributed by atoms with Gasteiger partial charge in [-0.2, -0.15) is 0 Å². The van der Waals surface area contributed by atoms with Gasteiger partial charge in [0.15, 0.2) is 0 Å². The minimum atomic E-state index is -0.0793. The molecular formula is C13H24N4S. The van der Waals surface area contributed by atoms with Gasteiger partial charge in [-0.15, -0.1) is 11.8 Å². The molecule has 1 unspecified atom stereocenters. The summed E-state index contributed by atoms with van der Waals surface area (Å²) in [5.41, 5.74) is 3.62. The lowest BCUT2D eigenvalue weighted by Gasteiger charge is -2.20. The van der Waals surface area contributed by atoms with Crippen molar-refractivity contribution in [3.63, 3.8) is 0 Å². The van der Waals surface area contributed by atoms with Crippen molar-refractivity contribution in [1.29, 1.82) is 0 Å². The molecule has 0 bridgehead atoms. The first kappa shape index (κ1) is 15.2. The number of hydrogen-bond donors (Lipinski definition) is 2. The number of nitrogens with one attached hydrogen (secondary N) is 1. The second-order valence-corrected chi connectivity index (χ2v) is 6.98. The molecule has 0 aliphatic heterocycles. The molecule has 1 atom stereocenters. The van der Waals surface area contributed by atoms with Crippen LogP contribution >= 0.6 is 11.8 Å². The smallest absolute Gasteiger partial charge is 0.147 e. The number of nitrogens with two attached hydrogens (primary N) is 1. The molecule has 0 aromatic carbocycles. The molecule has 0 aliphatic rings. The number of hydrazine groups is 1. The summed E-state index contributed by atoms with van der Waals surface area (Å²) in [4.78, 5) is 9.19. The van der Waals surface area contributed by atoms with Crippen LogP contribution in [-0.2, 0) is 5.41 Å². The maximum atomic E-state index is 5.55. The van der Waals surface area contributed by atoms with Crippen LogP contribution in [0.2, 0.25) is 0 Å². The highest BCUT2D eigenvalue weighted by Crippen LogP contribution is 2.31. The number of hydrogen-bond acceptors (Lipinski definition) is 5. The summed E-state index contributed by atoms with van der Waals surface area (Å²) in [6.45, 7) is 12.7. The highest BCUT2D eigenvalue weighted by molar-refractivity contribution is 7.99. The normalized spacial score (nSPS) is 13.5. The molecule has 0 fully saturated rings. The number of nitrogens with zero attached hydrogens (tertiary/aromatic N) is 2. The molecule has 18 heavy (non-hydrogen) atoms. The Morgan fingerprint density at radius 2 is 1.94 bits per heavy atom. The molecule has 4 nitrogen and oxygen atoms in total. The van der Waals surface area contributed by atoms with Gasteiger partial charge in [-0.05, 0) is 13.3 Å². The lowest BCUT2D eigenvalue weighted by molar-refractivity contribution is 0.538. The van der Waals surface area contributed by atoms with E-state index in [1.54, 1.807) is 11.8 Å². The Kier molecular flexibility index (Phi) is 4.99. The molecule has 1 aromatic heterocycles. The number of thioether (sulfide) groups is 1. The Bertz CT molecular complexity index is 412. The van der Waals surface area contributed by atoms with Crippen LogP contribution in [0.3, 0.4) is 0 Å². The number of nitrogen functional groups attached to an aromatic ring is 1. The summed E-state index contributed by atoms with van der Waals surface area (Å²) in [7, 11) is 0. The van der Waals surface area contributed by atoms with Gasteiger partial charge in [0.05, 0.1) is 0 Å². The predicted molar refractivity (Wildman–Crippen MR) is 78.9 cm³/mol. The summed E-state index contributed by atoms with van der Waals surface area (Å²) < 4.78 is 0. The zero-order chi connectivity index (χ0) is 13.9. The Balaban J connectivity index is 3.23. The van der Waals surface area contributed by atoms with Crippen molar-refractivity contribution >= 4 is 17.6 Å². The van der Waals surface area contributed by atoms with E-state index in [2.05, 4.69) is 45.0 Å². The van der Waals surface area contributed by atoms with E-state index in [0.29, 0.717) is 5.25 Å². The second-order valence-electron chi connectivity index (χ2n) is 5.56. The Hall–Kier alpha value is -0.810.